The Morgan fingerprint density at radius 3 is 2.12 bits per heavy atom. The van der Waals surface area contributed by atoms with E-state index in [9.17, 15) is 22.8 Å². The van der Waals surface area contributed by atoms with Crippen molar-refractivity contribution in [1.82, 2.24) is 20.6 Å². The van der Waals surface area contributed by atoms with Crippen LogP contribution in [0.5, 0.6) is 0 Å². The molecule has 0 aliphatic heterocycles. The Balaban J connectivity index is 1.95. The first-order valence-corrected chi connectivity index (χ1v) is 9.33. The maximum absolute atomic E-state index is 13.6. The molecule has 8 nitrogen and oxygen atoms in total. The van der Waals surface area contributed by atoms with Gasteiger partial charge < -0.3 is 21.3 Å². The average molecular weight is 444 g/mol. The summed E-state index contributed by atoms with van der Waals surface area (Å²) in [5, 5.41) is 10.4. The van der Waals surface area contributed by atoms with Crippen LogP contribution in [0.4, 0.5) is 36.2 Å². The van der Waals surface area contributed by atoms with Gasteiger partial charge in [0.15, 0.2) is 0 Å². The Bertz CT molecular complexity index is 1130. The minimum absolute atomic E-state index is 0.0816. The predicted octanol–water partition coefficient (Wildman–Crippen LogP) is 3.70. The number of alkyl halides is 3. The summed E-state index contributed by atoms with van der Waals surface area (Å²) in [7, 11) is 2.91. The molecule has 0 bridgehead atoms. The largest absolute Gasteiger partial charge is 0.419 e. The summed E-state index contributed by atoms with van der Waals surface area (Å²) in [4.78, 5) is 31.6. The number of carbonyl (C=O) groups is 2. The normalized spacial score (nSPS) is 10.9. The van der Waals surface area contributed by atoms with E-state index in [0.717, 1.165) is 6.07 Å². The molecule has 32 heavy (non-hydrogen) atoms. The second-order valence-corrected chi connectivity index (χ2v) is 6.50. The Hall–Kier alpha value is -4.15. The molecular weight excluding hydrogens is 425 g/mol. The van der Waals surface area contributed by atoms with E-state index in [4.69, 9.17) is 0 Å². The minimum Gasteiger partial charge on any atom is -0.355 e. The molecule has 11 heteroatoms. The smallest absolute Gasteiger partial charge is 0.355 e. The van der Waals surface area contributed by atoms with Crippen LogP contribution in [0.15, 0.2) is 54.9 Å². The standard InChI is InChI=1S/C21H19F3N6O2/c1-25-19(31)12-7-8-17(27-10-12)30-18-9-16(14(11-28-18)21(22,23)24)29-15-6-4-3-5-13(15)20(32)26-2/h3-11H,1-2H3,(H,25,31)(H,26,32)(H2,27,28,29,30). The van der Waals surface area contributed by atoms with Gasteiger partial charge in [0.05, 0.1) is 28.1 Å². The van der Waals surface area contributed by atoms with Gasteiger partial charge in [-0.3, -0.25) is 9.59 Å². The molecule has 2 aromatic heterocycles. The zero-order valence-corrected chi connectivity index (χ0v) is 17.0. The number of rotatable bonds is 6. The zero-order chi connectivity index (χ0) is 23.3. The number of nitrogens with zero attached hydrogens (tertiary/aromatic N) is 2. The highest BCUT2D eigenvalue weighted by atomic mass is 19.4. The van der Waals surface area contributed by atoms with Gasteiger partial charge in [-0.1, -0.05) is 12.1 Å². The Morgan fingerprint density at radius 2 is 1.50 bits per heavy atom. The molecule has 0 aliphatic rings. The van der Waals surface area contributed by atoms with Gasteiger partial charge in [0, 0.05) is 32.6 Å². The maximum atomic E-state index is 13.6. The van der Waals surface area contributed by atoms with Crippen molar-refractivity contribution in [3.05, 3.63) is 71.5 Å². The summed E-state index contributed by atoms with van der Waals surface area (Å²) in [6.07, 6.45) is -2.67. The molecule has 4 N–H and O–H groups in total. The molecule has 3 rings (SSSR count). The number of anilines is 4. The molecule has 0 saturated carbocycles. The third kappa shape index (κ3) is 5.12. The van der Waals surface area contributed by atoms with Crippen molar-refractivity contribution in [1.29, 1.82) is 0 Å². The summed E-state index contributed by atoms with van der Waals surface area (Å²) in [6.45, 7) is 0. The SMILES string of the molecule is CNC(=O)c1ccc(Nc2cc(Nc3ccccc3C(=O)NC)c(C(F)(F)F)cn2)nc1. The van der Waals surface area contributed by atoms with E-state index >= 15 is 0 Å². The Kier molecular flexibility index (Phi) is 6.57. The van der Waals surface area contributed by atoms with E-state index in [0.29, 0.717) is 11.8 Å². The fourth-order valence-electron chi connectivity index (χ4n) is 2.80. The van der Waals surface area contributed by atoms with Gasteiger partial charge in [-0.2, -0.15) is 13.2 Å². The number of para-hydroxylation sites is 1. The lowest BCUT2D eigenvalue weighted by Crippen LogP contribution is -2.19. The minimum atomic E-state index is -4.68. The molecule has 0 saturated heterocycles. The molecule has 0 spiro atoms. The molecule has 2 heterocycles. The summed E-state index contributed by atoms with van der Waals surface area (Å²) < 4.78 is 40.7. The zero-order valence-electron chi connectivity index (χ0n) is 17.0. The molecular formula is C21H19F3N6O2. The molecule has 0 unspecified atom stereocenters. The quantitative estimate of drug-likeness (QED) is 0.462. The highest BCUT2D eigenvalue weighted by Gasteiger charge is 2.34. The van der Waals surface area contributed by atoms with Crippen LogP contribution < -0.4 is 21.3 Å². The van der Waals surface area contributed by atoms with Crippen LogP contribution in [0.1, 0.15) is 26.3 Å². The number of hydrogen-bond donors (Lipinski definition) is 4. The van der Waals surface area contributed by atoms with E-state index in [-0.39, 0.29) is 34.5 Å². The third-order valence-electron chi connectivity index (χ3n) is 4.39. The molecule has 3 aromatic rings. The van der Waals surface area contributed by atoms with Crippen LogP contribution in [0.3, 0.4) is 0 Å². The van der Waals surface area contributed by atoms with E-state index in [1.165, 1.54) is 44.6 Å². The van der Waals surface area contributed by atoms with E-state index in [1.54, 1.807) is 12.1 Å². The van der Waals surface area contributed by atoms with Crippen molar-refractivity contribution in [3.8, 4) is 0 Å². The van der Waals surface area contributed by atoms with E-state index in [1.807, 2.05) is 0 Å². The lowest BCUT2D eigenvalue weighted by Gasteiger charge is -2.17. The number of carbonyl (C=O) groups excluding carboxylic acids is 2. The van der Waals surface area contributed by atoms with Crippen molar-refractivity contribution in [2.75, 3.05) is 24.7 Å². The van der Waals surface area contributed by atoms with Crippen LogP contribution >= 0.6 is 0 Å². The monoisotopic (exact) mass is 444 g/mol. The van der Waals surface area contributed by atoms with Crippen molar-refractivity contribution in [3.63, 3.8) is 0 Å². The summed E-state index contributed by atoms with van der Waals surface area (Å²) >= 11 is 0. The molecule has 0 radical (unpaired) electrons. The fraction of sp³-hybridized carbons (Fsp3) is 0.143. The van der Waals surface area contributed by atoms with Crippen molar-refractivity contribution in [2.24, 2.45) is 0 Å². The first-order chi connectivity index (χ1) is 15.2. The number of halogens is 3. The van der Waals surface area contributed by atoms with Gasteiger partial charge in [-0.15, -0.1) is 0 Å². The lowest BCUT2D eigenvalue weighted by atomic mass is 10.1. The first-order valence-electron chi connectivity index (χ1n) is 9.33. The second-order valence-electron chi connectivity index (χ2n) is 6.50. The highest BCUT2D eigenvalue weighted by Crippen LogP contribution is 2.37. The van der Waals surface area contributed by atoms with Gasteiger partial charge in [-0.25, -0.2) is 9.97 Å². The average Bonchev–Trinajstić information content (AvgIpc) is 2.78. The molecule has 2 amide bonds. The molecule has 0 aliphatic carbocycles. The van der Waals surface area contributed by atoms with E-state index in [2.05, 4.69) is 31.2 Å². The number of nitrogens with one attached hydrogen (secondary N) is 4. The topological polar surface area (TPSA) is 108 Å². The summed E-state index contributed by atoms with van der Waals surface area (Å²) in [5.41, 5.74) is -0.596. The van der Waals surface area contributed by atoms with Gasteiger partial charge >= 0.3 is 6.18 Å². The summed E-state index contributed by atoms with van der Waals surface area (Å²) in [6, 6.07) is 10.4. The highest BCUT2D eigenvalue weighted by molar-refractivity contribution is 6.00. The van der Waals surface area contributed by atoms with Gasteiger partial charge in [0.25, 0.3) is 11.8 Å². The number of aromatic nitrogens is 2. The maximum Gasteiger partial charge on any atom is 0.419 e. The van der Waals surface area contributed by atoms with Crippen LogP contribution in [-0.4, -0.2) is 35.9 Å². The number of pyridine rings is 2. The number of amides is 2. The third-order valence-corrected chi connectivity index (χ3v) is 4.39. The van der Waals surface area contributed by atoms with Gasteiger partial charge in [0.2, 0.25) is 0 Å². The van der Waals surface area contributed by atoms with Crippen molar-refractivity contribution >= 4 is 34.8 Å². The number of hydrogen-bond acceptors (Lipinski definition) is 6. The van der Waals surface area contributed by atoms with Crippen LogP contribution in [-0.2, 0) is 6.18 Å². The predicted molar refractivity (Wildman–Crippen MR) is 113 cm³/mol. The Morgan fingerprint density at radius 1 is 0.812 bits per heavy atom. The first kappa shape index (κ1) is 22.5. The number of benzene rings is 1. The van der Waals surface area contributed by atoms with Crippen molar-refractivity contribution in [2.45, 2.75) is 6.18 Å². The van der Waals surface area contributed by atoms with Gasteiger partial charge in [0.1, 0.15) is 11.6 Å². The van der Waals surface area contributed by atoms with E-state index < -0.39 is 17.6 Å². The van der Waals surface area contributed by atoms with Crippen LogP contribution in [0.25, 0.3) is 0 Å². The molecule has 1 aromatic carbocycles. The van der Waals surface area contributed by atoms with Gasteiger partial charge in [-0.05, 0) is 24.3 Å². The van der Waals surface area contributed by atoms with Crippen LogP contribution in [0, 0.1) is 0 Å². The fourth-order valence-corrected chi connectivity index (χ4v) is 2.80. The van der Waals surface area contributed by atoms with Crippen molar-refractivity contribution < 1.29 is 22.8 Å². The molecule has 166 valence electrons. The molecule has 0 atom stereocenters. The van der Waals surface area contributed by atoms with Crippen LogP contribution in [0.2, 0.25) is 0 Å². The lowest BCUT2D eigenvalue weighted by molar-refractivity contribution is -0.137. The molecule has 0 fully saturated rings. The Labute approximate surface area is 181 Å². The second kappa shape index (κ2) is 9.33. The summed E-state index contributed by atoms with van der Waals surface area (Å²) in [5.74, 6) is -0.410.